The molecule has 0 saturated carbocycles. The van der Waals surface area contributed by atoms with E-state index in [2.05, 4.69) is 74.0 Å². The maximum absolute atomic E-state index is 4.07. The first kappa shape index (κ1) is 12.7. The van der Waals surface area contributed by atoms with Crippen LogP contribution in [-0.4, -0.2) is 15.0 Å². The molecule has 0 spiro atoms. The Balaban J connectivity index is 2.55. The lowest BCUT2D eigenvalue weighted by Crippen LogP contribution is -1.97. The van der Waals surface area contributed by atoms with Gasteiger partial charge in [0.1, 0.15) is 0 Å². The van der Waals surface area contributed by atoms with Crippen LogP contribution in [0.1, 0.15) is 5.69 Å². The summed E-state index contributed by atoms with van der Waals surface area (Å²) >= 11 is 13.8. The molecule has 3 nitrogen and oxygen atoms in total. The molecule has 16 heavy (non-hydrogen) atoms. The molecule has 7 heteroatoms. The number of rotatable bonds is 2. The van der Waals surface area contributed by atoms with Crippen LogP contribution < -0.4 is 0 Å². The number of nitrogens with zero attached hydrogens (tertiary/aromatic N) is 3. The molecular formula is C9H5Br4N3. The lowest BCUT2D eigenvalue weighted by Gasteiger charge is -2.07. The zero-order valence-corrected chi connectivity index (χ0v) is 14.1. The molecule has 84 valence electrons. The highest BCUT2D eigenvalue weighted by molar-refractivity contribution is 9.11. The second-order valence-corrected chi connectivity index (χ2v) is 6.19. The Labute approximate surface area is 126 Å². The van der Waals surface area contributed by atoms with E-state index in [9.17, 15) is 0 Å². The Morgan fingerprint density at radius 3 is 2.25 bits per heavy atom. The van der Waals surface area contributed by atoms with Gasteiger partial charge in [-0.05, 0) is 44.0 Å². The Morgan fingerprint density at radius 1 is 1.12 bits per heavy atom. The second kappa shape index (κ2) is 5.29. The van der Waals surface area contributed by atoms with Crippen LogP contribution in [0, 0.1) is 0 Å². The maximum atomic E-state index is 4.07. The van der Waals surface area contributed by atoms with E-state index >= 15 is 0 Å². The van der Waals surface area contributed by atoms with Crippen molar-refractivity contribution in [2.75, 3.05) is 0 Å². The molecule has 0 aliphatic heterocycles. The third kappa shape index (κ3) is 2.57. The molecule has 1 aromatic heterocycles. The van der Waals surface area contributed by atoms with E-state index in [1.807, 2.05) is 18.3 Å². The van der Waals surface area contributed by atoms with Crippen molar-refractivity contribution in [2.24, 2.45) is 0 Å². The van der Waals surface area contributed by atoms with E-state index in [1.165, 1.54) is 0 Å². The fraction of sp³-hybridized carbons (Fsp3) is 0.111. The lowest BCUT2D eigenvalue weighted by atomic mass is 10.3. The van der Waals surface area contributed by atoms with Gasteiger partial charge in [0.2, 0.25) is 0 Å². The van der Waals surface area contributed by atoms with Gasteiger partial charge in [-0.1, -0.05) is 37.1 Å². The summed E-state index contributed by atoms with van der Waals surface area (Å²) < 4.78 is 4.62. The van der Waals surface area contributed by atoms with Crippen molar-refractivity contribution in [2.45, 2.75) is 5.33 Å². The summed E-state index contributed by atoms with van der Waals surface area (Å²) in [6.45, 7) is 0. The number of benzene rings is 1. The van der Waals surface area contributed by atoms with Crippen molar-refractivity contribution in [3.05, 3.63) is 37.4 Å². The predicted octanol–water partition coefficient (Wildman–Crippen LogP) is 4.45. The summed E-state index contributed by atoms with van der Waals surface area (Å²) in [4.78, 5) is 0. The van der Waals surface area contributed by atoms with Gasteiger partial charge < -0.3 is 0 Å². The molecule has 1 heterocycles. The third-order valence-electron chi connectivity index (χ3n) is 1.89. The molecule has 0 fully saturated rings. The van der Waals surface area contributed by atoms with Crippen LogP contribution in [0.25, 0.3) is 5.69 Å². The van der Waals surface area contributed by atoms with Gasteiger partial charge in [-0.2, -0.15) is 0 Å². The molecule has 0 N–H and O–H groups in total. The molecule has 1 aromatic carbocycles. The van der Waals surface area contributed by atoms with Crippen LogP contribution in [0.3, 0.4) is 0 Å². The number of alkyl halides is 1. The Hall–Kier alpha value is 0.280. The number of halogens is 4. The Kier molecular flexibility index (Phi) is 4.21. The van der Waals surface area contributed by atoms with E-state index in [4.69, 9.17) is 0 Å². The van der Waals surface area contributed by atoms with Gasteiger partial charge in [-0.15, -0.1) is 5.10 Å². The molecule has 0 aliphatic carbocycles. The fourth-order valence-electron chi connectivity index (χ4n) is 1.22. The zero-order chi connectivity index (χ0) is 11.7. The van der Waals surface area contributed by atoms with Gasteiger partial charge in [-0.25, -0.2) is 4.68 Å². The van der Waals surface area contributed by atoms with E-state index in [-0.39, 0.29) is 0 Å². The minimum atomic E-state index is 0.693. The van der Waals surface area contributed by atoms with Crippen molar-refractivity contribution in [3.63, 3.8) is 0 Å². The molecule has 0 unspecified atom stereocenters. The van der Waals surface area contributed by atoms with Crippen LogP contribution >= 0.6 is 63.7 Å². The predicted molar refractivity (Wildman–Crippen MR) is 77.1 cm³/mol. The third-order valence-corrected chi connectivity index (χ3v) is 4.13. The van der Waals surface area contributed by atoms with E-state index in [0.717, 1.165) is 24.8 Å². The Bertz CT molecular complexity index is 500. The number of hydrogen-bond acceptors (Lipinski definition) is 2. The summed E-state index contributed by atoms with van der Waals surface area (Å²) in [6, 6.07) is 3.94. The fourth-order valence-corrected chi connectivity index (χ4v) is 4.10. The van der Waals surface area contributed by atoms with E-state index < -0.39 is 0 Å². The van der Waals surface area contributed by atoms with E-state index in [0.29, 0.717) is 5.33 Å². The lowest BCUT2D eigenvalue weighted by molar-refractivity contribution is 0.794. The molecule has 0 atom stereocenters. The summed E-state index contributed by atoms with van der Waals surface area (Å²) in [5, 5.41) is 8.79. The van der Waals surface area contributed by atoms with E-state index in [1.54, 1.807) is 4.68 Å². The molecule has 2 aromatic rings. The van der Waals surface area contributed by atoms with Gasteiger partial charge >= 0.3 is 0 Å². The molecule has 0 amide bonds. The zero-order valence-electron chi connectivity index (χ0n) is 7.79. The summed E-state index contributed by atoms with van der Waals surface area (Å²) in [5.74, 6) is 0. The SMILES string of the molecule is BrCc1cn(-c2c(Br)cc(Br)cc2Br)nn1. The standard InChI is InChI=1S/C9H5Br4N3/c10-3-6-4-16(15-14-6)9-7(12)1-5(11)2-8(9)13/h1-2,4H,3H2. The first-order valence-electron chi connectivity index (χ1n) is 4.24. The smallest absolute Gasteiger partial charge is 0.0948 e. The van der Waals surface area contributed by atoms with Gasteiger partial charge in [0.15, 0.2) is 0 Å². The number of hydrogen-bond donors (Lipinski definition) is 0. The first-order chi connectivity index (χ1) is 7.61. The van der Waals surface area contributed by atoms with Gasteiger partial charge in [0.25, 0.3) is 0 Å². The summed E-state index contributed by atoms with van der Waals surface area (Å²) in [5.41, 5.74) is 1.82. The highest BCUT2D eigenvalue weighted by atomic mass is 79.9. The Morgan fingerprint density at radius 2 is 1.75 bits per heavy atom. The van der Waals surface area contributed by atoms with Crippen LogP contribution in [-0.2, 0) is 5.33 Å². The topological polar surface area (TPSA) is 30.7 Å². The van der Waals surface area contributed by atoms with Crippen LogP contribution in [0.4, 0.5) is 0 Å². The van der Waals surface area contributed by atoms with Crippen molar-refractivity contribution < 1.29 is 0 Å². The van der Waals surface area contributed by atoms with Crippen molar-refractivity contribution in [3.8, 4) is 5.69 Å². The summed E-state index contributed by atoms with van der Waals surface area (Å²) in [6.07, 6.45) is 1.88. The highest BCUT2D eigenvalue weighted by Crippen LogP contribution is 2.32. The van der Waals surface area contributed by atoms with Crippen molar-refractivity contribution in [1.82, 2.24) is 15.0 Å². The van der Waals surface area contributed by atoms with Crippen LogP contribution in [0.5, 0.6) is 0 Å². The van der Waals surface area contributed by atoms with Gasteiger partial charge in [0, 0.05) is 18.7 Å². The van der Waals surface area contributed by atoms with Crippen molar-refractivity contribution in [1.29, 1.82) is 0 Å². The highest BCUT2D eigenvalue weighted by Gasteiger charge is 2.11. The first-order valence-corrected chi connectivity index (χ1v) is 7.74. The maximum Gasteiger partial charge on any atom is 0.0948 e. The second-order valence-electron chi connectivity index (χ2n) is 3.01. The quantitative estimate of drug-likeness (QED) is 0.602. The summed E-state index contributed by atoms with van der Waals surface area (Å²) in [7, 11) is 0. The average molecular weight is 475 g/mol. The normalized spacial score (nSPS) is 10.8. The molecule has 0 radical (unpaired) electrons. The average Bonchev–Trinajstić information content (AvgIpc) is 2.64. The monoisotopic (exact) mass is 471 g/mol. The largest absolute Gasteiger partial charge is 0.218 e. The molecule has 0 aliphatic rings. The molecular weight excluding hydrogens is 470 g/mol. The minimum absolute atomic E-state index is 0.693. The van der Waals surface area contributed by atoms with Gasteiger partial charge in [-0.3, -0.25) is 0 Å². The number of aromatic nitrogens is 3. The molecule has 2 rings (SSSR count). The van der Waals surface area contributed by atoms with Crippen LogP contribution in [0.15, 0.2) is 31.7 Å². The van der Waals surface area contributed by atoms with Gasteiger partial charge in [0.05, 0.1) is 17.6 Å². The molecule has 0 saturated heterocycles. The van der Waals surface area contributed by atoms with Crippen molar-refractivity contribution >= 4 is 63.7 Å². The van der Waals surface area contributed by atoms with Crippen LogP contribution in [0.2, 0.25) is 0 Å². The molecule has 0 bridgehead atoms. The minimum Gasteiger partial charge on any atom is -0.218 e.